The van der Waals surface area contributed by atoms with E-state index in [-0.39, 0.29) is 12.3 Å². The number of halogens is 1. The van der Waals surface area contributed by atoms with Crippen molar-refractivity contribution in [1.82, 2.24) is 4.57 Å². The summed E-state index contributed by atoms with van der Waals surface area (Å²) in [6, 6.07) is 2.49. The second-order valence-electron chi connectivity index (χ2n) is 3.53. The van der Waals surface area contributed by atoms with Crippen LogP contribution in [0.5, 0.6) is 0 Å². The van der Waals surface area contributed by atoms with Gasteiger partial charge in [0, 0.05) is 12.3 Å². The molecule has 7 heteroatoms. The van der Waals surface area contributed by atoms with Gasteiger partial charge in [0.1, 0.15) is 11.9 Å². The van der Waals surface area contributed by atoms with Crippen molar-refractivity contribution in [3.05, 3.63) is 40.6 Å². The highest BCUT2D eigenvalue weighted by molar-refractivity contribution is 5.38. The third-order valence-electron chi connectivity index (χ3n) is 2.39. The Kier molecular flexibility index (Phi) is 3.23. The van der Waals surface area contributed by atoms with Crippen molar-refractivity contribution in [1.29, 1.82) is 0 Å². The van der Waals surface area contributed by atoms with E-state index in [0.29, 0.717) is 0 Å². The Bertz CT molecular complexity index is 499. The predicted octanol–water partition coefficient (Wildman–Crippen LogP) is 0.392. The average molecular weight is 242 g/mol. The van der Waals surface area contributed by atoms with Crippen LogP contribution in [0.25, 0.3) is 0 Å². The largest absolute Gasteiger partial charge is 0.393 e. The molecule has 0 aliphatic carbocycles. The molecule has 0 fully saturated rings. The molecule has 2 atom stereocenters. The molecule has 0 saturated heterocycles. The van der Waals surface area contributed by atoms with E-state index in [1.54, 1.807) is 0 Å². The summed E-state index contributed by atoms with van der Waals surface area (Å²) in [4.78, 5) is 11.6. The molecule has 2 rings (SSSR count). The number of rotatable bonds is 3. The van der Waals surface area contributed by atoms with Crippen LogP contribution < -0.4 is 11.0 Å². The van der Waals surface area contributed by atoms with Gasteiger partial charge in [0.05, 0.1) is 12.3 Å². The number of aliphatic hydroxyl groups excluding tert-OH is 1. The standard InChI is InChI=1S/C10H11FN2O4/c11-8-4-7(5-14)17-10(8)13-2-1-6(12-16)3-9(13)15/h1-4,7,10,12,14,16H,5H2/t7-,10+/m1/s1. The van der Waals surface area contributed by atoms with Gasteiger partial charge in [-0.15, -0.1) is 0 Å². The lowest BCUT2D eigenvalue weighted by atomic mass is 10.3. The number of ether oxygens (including phenoxy) is 1. The fraction of sp³-hybridized carbons (Fsp3) is 0.300. The van der Waals surface area contributed by atoms with Crippen LogP contribution in [0.4, 0.5) is 10.1 Å². The van der Waals surface area contributed by atoms with Crippen molar-refractivity contribution in [2.45, 2.75) is 12.3 Å². The van der Waals surface area contributed by atoms with Crippen LogP contribution >= 0.6 is 0 Å². The second kappa shape index (κ2) is 4.66. The molecule has 0 amide bonds. The van der Waals surface area contributed by atoms with Gasteiger partial charge < -0.3 is 9.84 Å². The summed E-state index contributed by atoms with van der Waals surface area (Å²) in [5, 5.41) is 17.4. The van der Waals surface area contributed by atoms with Crippen molar-refractivity contribution in [2.24, 2.45) is 0 Å². The smallest absolute Gasteiger partial charge is 0.255 e. The normalized spacial score (nSPS) is 23.6. The van der Waals surface area contributed by atoms with Crippen molar-refractivity contribution in [3.8, 4) is 0 Å². The maximum absolute atomic E-state index is 13.5. The molecule has 1 aromatic rings. The van der Waals surface area contributed by atoms with Gasteiger partial charge in [0.2, 0.25) is 0 Å². The topological polar surface area (TPSA) is 83.7 Å². The summed E-state index contributed by atoms with van der Waals surface area (Å²) < 4.78 is 19.6. The molecule has 92 valence electrons. The fourth-order valence-electron chi connectivity index (χ4n) is 1.58. The number of aliphatic hydroxyl groups is 1. The van der Waals surface area contributed by atoms with Gasteiger partial charge in [0.15, 0.2) is 6.23 Å². The van der Waals surface area contributed by atoms with E-state index < -0.39 is 23.7 Å². The molecule has 3 N–H and O–H groups in total. The lowest BCUT2D eigenvalue weighted by Gasteiger charge is -2.15. The molecule has 0 bridgehead atoms. The van der Waals surface area contributed by atoms with Gasteiger partial charge in [-0.25, -0.2) is 4.39 Å². The Morgan fingerprint density at radius 2 is 2.35 bits per heavy atom. The van der Waals surface area contributed by atoms with Crippen molar-refractivity contribution in [2.75, 3.05) is 12.1 Å². The first-order valence-corrected chi connectivity index (χ1v) is 4.91. The summed E-state index contributed by atoms with van der Waals surface area (Å²) >= 11 is 0. The van der Waals surface area contributed by atoms with Crippen LogP contribution in [-0.2, 0) is 4.74 Å². The predicted molar refractivity (Wildman–Crippen MR) is 56.3 cm³/mol. The van der Waals surface area contributed by atoms with Gasteiger partial charge in [-0.3, -0.25) is 20.0 Å². The highest BCUT2D eigenvalue weighted by Gasteiger charge is 2.29. The third kappa shape index (κ3) is 2.21. The number of anilines is 1. The number of pyridine rings is 1. The molecule has 0 saturated carbocycles. The summed E-state index contributed by atoms with van der Waals surface area (Å²) in [7, 11) is 0. The summed E-state index contributed by atoms with van der Waals surface area (Å²) in [6.45, 7) is -0.352. The van der Waals surface area contributed by atoms with Gasteiger partial charge in [-0.1, -0.05) is 0 Å². The van der Waals surface area contributed by atoms with Gasteiger partial charge in [-0.05, 0) is 12.1 Å². The Balaban J connectivity index is 2.30. The molecule has 2 heterocycles. The van der Waals surface area contributed by atoms with Gasteiger partial charge in [-0.2, -0.15) is 0 Å². The number of hydrogen-bond donors (Lipinski definition) is 3. The van der Waals surface area contributed by atoms with Crippen LogP contribution in [0.3, 0.4) is 0 Å². The Hall–Kier alpha value is -1.70. The van der Waals surface area contributed by atoms with E-state index >= 15 is 0 Å². The molecule has 1 aliphatic heterocycles. The maximum atomic E-state index is 13.5. The first-order valence-electron chi connectivity index (χ1n) is 4.91. The molecule has 0 unspecified atom stereocenters. The zero-order valence-corrected chi connectivity index (χ0v) is 8.71. The minimum Gasteiger partial charge on any atom is -0.393 e. The maximum Gasteiger partial charge on any atom is 0.255 e. The molecule has 0 radical (unpaired) electrons. The zero-order chi connectivity index (χ0) is 12.4. The number of aromatic nitrogens is 1. The summed E-state index contributed by atoms with van der Waals surface area (Å²) in [5.74, 6) is -0.629. The molecule has 17 heavy (non-hydrogen) atoms. The monoisotopic (exact) mass is 242 g/mol. The fourth-order valence-corrected chi connectivity index (χ4v) is 1.58. The van der Waals surface area contributed by atoms with Crippen LogP contribution in [0.2, 0.25) is 0 Å². The summed E-state index contributed by atoms with van der Waals surface area (Å²) in [6.07, 6.45) is 0.503. The minimum absolute atomic E-state index is 0.201. The molecular weight excluding hydrogens is 231 g/mol. The number of nitrogens with one attached hydrogen (secondary N) is 1. The van der Waals surface area contributed by atoms with Crippen LogP contribution in [0, 0.1) is 0 Å². The van der Waals surface area contributed by atoms with E-state index in [1.165, 1.54) is 12.3 Å². The molecule has 1 aliphatic rings. The summed E-state index contributed by atoms with van der Waals surface area (Å²) in [5.41, 5.74) is 1.48. The first kappa shape index (κ1) is 11.8. The van der Waals surface area contributed by atoms with Crippen LogP contribution in [0.1, 0.15) is 6.23 Å². The first-order chi connectivity index (χ1) is 8.15. The molecule has 6 nitrogen and oxygen atoms in total. The van der Waals surface area contributed by atoms with Crippen molar-refractivity contribution >= 4 is 5.69 Å². The Morgan fingerprint density at radius 3 is 2.88 bits per heavy atom. The van der Waals surface area contributed by atoms with E-state index in [9.17, 15) is 9.18 Å². The van der Waals surface area contributed by atoms with Crippen LogP contribution in [0.15, 0.2) is 35.0 Å². The van der Waals surface area contributed by atoms with E-state index in [2.05, 4.69) is 0 Å². The minimum atomic E-state index is -1.16. The zero-order valence-electron chi connectivity index (χ0n) is 8.71. The Morgan fingerprint density at radius 1 is 1.59 bits per heavy atom. The third-order valence-corrected chi connectivity index (χ3v) is 2.39. The quantitative estimate of drug-likeness (QED) is 0.668. The molecule has 0 aromatic carbocycles. The van der Waals surface area contributed by atoms with Gasteiger partial charge >= 0.3 is 0 Å². The second-order valence-corrected chi connectivity index (χ2v) is 3.53. The highest BCUT2D eigenvalue weighted by Crippen LogP contribution is 2.28. The number of hydrogen-bond acceptors (Lipinski definition) is 5. The molecule has 0 spiro atoms. The van der Waals surface area contributed by atoms with E-state index in [0.717, 1.165) is 16.7 Å². The molecule has 1 aromatic heterocycles. The lowest BCUT2D eigenvalue weighted by Crippen LogP contribution is -2.26. The van der Waals surface area contributed by atoms with E-state index in [1.807, 2.05) is 5.48 Å². The molecular formula is C10H11FN2O4. The van der Waals surface area contributed by atoms with Crippen LogP contribution in [-0.4, -0.2) is 27.6 Å². The Labute approximate surface area is 95.5 Å². The van der Waals surface area contributed by atoms with Crippen molar-refractivity contribution in [3.63, 3.8) is 0 Å². The number of nitrogens with zero attached hydrogens (tertiary/aromatic N) is 1. The SMILES string of the molecule is O=c1cc(NO)ccn1[C@H]1O[C@@H](CO)C=C1F. The van der Waals surface area contributed by atoms with Gasteiger partial charge in [0.25, 0.3) is 5.56 Å². The lowest BCUT2D eigenvalue weighted by molar-refractivity contribution is -0.0207. The average Bonchev–Trinajstić information content (AvgIpc) is 2.70. The van der Waals surface area contributed by atoms with Crippen molar-refractivity contribution < 1.29 is 19.4 Å². The van der Waals surface area contributed by atoms with E-state index in [4.69, 9.17) is 15.1 Å². The highest BCUT2D eigenvalue weighted by atomic mass is 19.1.